The molecule has 0 spiro atoms. The zero-order valence-corrected chi connectivity index (χ0v) is 21.0. The first kappa shape index (κ1) is 25.5. The highest BCUT2D eigenvalue weighted by Gasteiger charge is 2.38. The first-order valence-corrected chi connectivity index (χ1v) is 12.6. The van der Waals surface area contributed by atoms with Crippen molar-refractivity contribution in [2.75, 3.05) is 50.4 Å². The summed E-state index contributed by atoms with van der Waals surface area (Å²) in [6, 6.07) is 23.5. The van der Waals surface area contributed by atoms with E-state index in [1.165, 1.54) is 0 Å². The molecule has 1 fully saturated rings. The van der Waals surface area contributed by atoms with Crippen LogP contribution in [-0.4, -0.2) is 57.8 Å². The number of ether oxygens (including phenoxy) is 2. The van der Waals surface area contributed by atoms with E-state index in [4.69, 9.17) is 19.6 Å². The first-order chi connectivity index (χ1) is 18.6. The maximum Gasteiger partial charge on any atom is 0.309 e. The number of fused-ring (bicyclic) bond motifs is 1. The van der Waals surface area contributed by atoms with E-state index in [9.17, 15) is 9.59 Å². The van der Waals surface area contributed by atoms with Crippen LogP contribution in [0.5, 0.6) is 5.75 Å². The Labute approximate surface area is 220 Å². The van der Waals surface area contributed by atoms with Crippen molar-refractivity contribution in [1.82, 2.24) is 9.80 Å². The second-order valence-electron chi connectivity index (χ2n) is 9.28. The number of para-hydroxylation sites is 3. The highest BCUT2D eigenvalue weighted by Crippen LogP contribution is 2.31. The molecule has 2 atom stereocenters. The van der Waals surface area contributed by atoms with Gasteiger partial charge in [-0.05, 0) is 42.5 Å². The predicted octanol–water partition coefficient (Wildman–Crippen LogP) is 3.80. The van der Waals surface area contributed by atoms with Gasteiger partial charge in [-0.2, -0.15) is 4.48 Å². The van der Waals surface area contributed by atoms with Gasteiger partial charge >= 0.3 is 12.3 Å². The molecule has 196 valence electrons. The number of carbonyl (C=O) groups excluding carboxylic acids is 2. The summed E-state index contributed by atoms with van der Waals surface area (Å²) in [5.74, 6) is 0.869. The van der Waals surface area contributed by atoms with E-state index in [0.29, 0.717) is 54.8 Å². The Balaban J connectivity index is 1.27. The van der Waals surface area contributed by atoms with E-state index in [0.717, 1.165) is 23.9 Å². The van der Waals surface area contributed by atoms with Gasteiger partial charge in [-0.25, -0.2) is 4.79 Å². The van der Waals surface area contributed by atoms with Crippen molar-refractivity contribution in [3.63, 3.8) is 0 Å². The SMILES string of the molecule is Nc1ccccc1NC(=O)c1ccc(OCC[N+](C=O)(CC2CNCCO2)c2cc3ccccc3o2)cc1. The van der Waals surface area contributed by atoms with Crippen LogP contribution < -0.4 is 25.6 Å². The summed E-state index contributed by atoms with van der Waals surface area (Å²) in [5, 5.41) is 7.06. The Morgan fingerprint density at radius 2 is 1.89 bits per heavy atom. The zero-order valence-electron chi connectivity index (χ0n) is 21.0. The van der Waals surface area contributed by atoms with E-state index < -0.39 is 0 Å². The second-order valence-corrected chi connectivity index (χ2v) is 9.28. The van der Waals surface area contributed by atoms with Crippen LogP contribution in [0.15, 0.2) is 83.3 Å². The average Bonchev–Trinajstić information content (AvgIpc) is 3.40. The Morgan fingerprint density at radius 3 is 2.63 bits per heavy atom. The molecule has 1 saturated heterocycles. The van der Waals surface area contributed by atoms with Crippen LogP contribution in [0.25, 0.3) is 11.0 Å². The maximum atomic E-state index is 12.6. The highest BCUT2D eigenvalue weighted by atomic mass is 16.5. The van der Waals surface area contributed by atoms with E-state index in [1.54, 1.807) is 36.4 Å². The number of hydrogen-bond donors (Lipinski definition) is 3. The fourth-order valence-electron chi connectivity index (χ4n) is 4.56. The first-order valence-electron chi connectivity index (χ1n) is 12.6. The predicted molar refractivity (Wildman–Crippen MR) is 147 cm³/mol. The molecule has 0 radical (unpaired) electrons. The Bertz CT molecular complexity index is 1360. The van der Waals surface area contributed by atoms with Crippen LogP contribution in [-0.2, 0) is 9.53 Å². The van der Waals surface area contributed by atoms with Gasteiger partial charge < -0.3 is 30.3 Å². The van der Waals surface area contributed by atoms with Crippen molar-refractivity contribution in [3.05, 3.63) is 84.4 Å². The lowest BCUT2D eigenvalue weighted by Crippen LogP contribution is -2.57. The molecule has 9 heteroatoms. The minimum atomic E-state index is -0.267. The molecule has 4 aromatic rings. The lowest BCUT2D eigenvalue weighted by atomic mass is 10.2. The molecule has 0 aliphatic carbocycles. The Morgan fingerprint density at radius 1 is 1.11 bits per heavy atom. The number of benzene rings is 3. The van der Waals surface area contributed by atoms with Crippen LogP contribution in [0.4, 0.5) is 17.3 Å². The van der Waals surface area contributed by atoms with Crippen molar-refractivity contribution in [2.45, 2.75) is 6.10 Å². The summed E-state index contributed by atoms with van der Waals surface area (Å²) in [7, 11) is 0. The van der Waals surface area contributed by atoms with Gasteiger partial charge in [0.2, 0.25) is 0 Å². The molecular weight excluding hydrogens is 484 g/mol. The maximum absolute atomic E-state index is 12.6. The number of rotatable bonds is 10. The number of nitrogens with zero attached hydrogens (tertiary/aromatic N) is 1. The molecule has 0 bridgehead atoms. The van der Waals surface area contributed by atoms with Crippen molar-refractivity contribution in [2.24, 2.45) is 0 Å². The molecule has 2 amide bonds. The van der Waals surface area contributed by atoms with Crippen molar-refractivity contribution in [1.29, 1.82) is 0 Å². The van der Waals surface area contributed by atoms with Crippen LogP contribution in [0.1, 0.15) is 10.4 Å². The molecule has 0 saturated carbocycles. The van der Waals surface area contributed by atoms with Gasteiger partial charge in [-0.1, -0.05) is 30.3 Å². The third-order valence-electron chi connectivity index (χ3n) is 6.67. The summed E-state index contributed by atoms with van der Waals surface area (Å²) in [6.07, 6.45) is 0.764. The van der Waals surface area contributed by atoms with Crippen LogP contribution in [0.2, 0.25) is 0 Å². The molecular formula is C29H31N4O5+. The monoisotopic (exact) mass is 515 g/mol. The van der Waals surface area contributed by atoms with Crippen LogP contribution >= 0.6 is 0 Å². The molecule has 4 N–H and O–H groups in total. The summed E-state index contributed by atoms with van der Waals surface area (Å²) in [4.78, 5) is 25.2. The smallest absolute Gasteiger partial charge is 0.309 e. The number of morpholine rings is 1. The van der Waals surface area contributed by atoms with E-state index in [1.807, 2.05) is 42.5 Å². The van der Waals surface area contributed by atoms with E-state index >= 15 is 0 Å². The number of quaternary nitrogens is 1. The van der Waals surface area contributed by atoms with Gasteiger partial charge in [0.25, 0.3) is 5.91 Å². The average molecular weight is 516 g/mol. The lowest BCUT2D eigenvalue weighted by molar-refractivity contribution is -0.120. The van der Waals surface area contributed by atoms with Gasteiger partial charge in [0.15, 0.2) is 0 Å². The number of nitrogens with two attached hydrogens (primary N) is 1. The number of amides is 2. The van der Waals surface area contributed by atoms with Gasteiger partial charge in [-0.3, -0.25) is 4.79 Å². The number of nitrogen functional groups attached to an aromatic ring is 1. The minimum absolute atomic E-state index is 0.0694. The normalized spacial score (nSPS) is 17.0. The zero-order chi connectivity index (χ0) is 26.4. The third-order valence-corrected chi connectivity index (χ3v) is 6.67. The number of carbonyl (C=O) groups is 2. The van der Waals surface area contributed by atoms with Crippen molar-refractivity contribution >= 4 is 40.5 Å². The fourth-order valence-corrected chi connectivity index (χ4v) is 4.56. The van der Waals surface area contributed by atoms with E-state index in [2.05, 4.69) is 10.6 Å². The topological polar surface area (TPSA) is 116 Å². The Kier molecular flexibility index (Phi) is 7.69. The largest absolute Gasteiger partial charge is 0.488 e. The standard InChI is InChI=1S/C29H30N4O5/c30-25-6-2-3-7-26(25)32-29(35)21-9-11-23(12-10-21)37-16-14-33(20-34,19-24-18-31-13-15-36-24)28-17-22-5-1-4-8-27(22)38-28/h1-12,17,20,24,31H,13-16,18-19,30H2/p+1. The molecule has 9 nitrogen and oxygen atoms in total. The fraction of sp³-hybridized carbons (Fsp3) is 0.241. The number of furan rings is 1. The summed E-state index contributed by atoms with van der Waals surface area (Å²) in [6.45, 7) is 3.06. The third kappa shape index (κ3) is 5.70. The van der Waals surface area contributed by atoms with Crippen molar-refractivity contribution in [3.8, 4) is 5.75 Å². The second kappa shape index (κ2) is 11.5. The highest BCUT2D eigenvalue weighted by molar-refractivity contribution is 6.05. The molecule has 1 aromatic heterocycles. The van der Waals surface area contributed by atoms with Gasteiger partial charge in [0.05, 0.1) is 24.0 Å². The van der Waals surface area contributed by atoms with Crippen molar-refractivity contribution < 1.29 is 23.5 Å². The quantitative estimate of drug-likeness (QED) is 0.167. The Hall–Kier alpha value is -4.18. The minimum Gasteiger partial charge on any atom is -0.488 e. The van der Waals surface area contributed by atoms with E-state index in [-0.39, 0.29) is 23.1 Å². The molecule has 3 aromatic carbocycles. The molecule has 5 rings (SSSR count). The van der Waals surface area contributed by atoms with Gasteiger partial charge in [0.1, 0.15) is 37.1 Å². The number of nitrogens with one attached hydrogen (secondary N) is 2. The molecule has 2 heterocycles. The van der Waals surface area contributed by atoms with Gasteiger partial charge in [0, 0.05) is 24.0 Å². The molecule has 38 heavy (non-hydrogen) atoms. The molecule has 2 unspecified atom stereocenters. The number of anilines is 2. The molecule has 1 aliphatic rings. The summed E-state index contributed by atoms with van der Waals surface area (Å²) >= 11 is 0. The molecule has 1 aliphatic heterocycles. The lowest BCUT2D eigenvalue weighted by Gasteiger charge is -2.33. The van der Waals surface area contributed by atoms with Crippen LogP contribution in [0, 0.1) is 0 Å². The summed E-state index contributed by atoms with van der Waals surface area (Å²) in [5.41, 5.74) is 8.17. The van der Waals surface area contributed by atoms with Gasteiger partial charge in [-0.15, -0.1) is 0 Å². The van der Waals surface area contributed by atoms with Crippen LogP contribution in [0.3, 0.4) is 0 Å². The summed E-state index contributed by atoms with van der Waals surface area (Å²) < 4.78 is 18.0. The number of hydrogen-bond acceptors (Lipinski definition) is 7.